The second-order valence-electron chi connectivity index (χ2n) is 3.76. The van der Waals surface area contributed by atoms with Gasteiger partial charge in [0.15, 0.2) is 5.82 Å². The first-order valence-corrected chi connectivity index (χ1v) is 5.82. The summed E-state index contributed by atoms with van der Waals surface area (Å²) < 4.78 is 38.3. The van der Waals surface area contributed by atoms with E-state index in [1.54, 1.807) is 18.2 Å². The first-order chi connectivity index (χ1) is 9.10. The fourth-order valence-electron chi connectivity index (χ4n) is 1.85. The van der Waals surface area contributed by atoms with Gasteiger partial charge in [-0.25, -0.2) is 8.78 Å². The van der Waals surface area contributed by atoms with Gasteiger partial charge in [-0.05, 0) is 24.3 Å². The number of methoxy groups -OCH3 is 2. The highest BCUT2D eigenvalue weighted by Crippen LogP contribution is 2.42. The molecule has 2 rings (SSSR count). The Bertz CT molecular complexity index is 592. The van der Waals surface area contributed by atoms with Crippen LogP contribution in [0.5, 0.6) is 11.5 Å². The molecule has 0 saturated heterocycles. The maximum atomic E-state index is 14.1. The van der Waals surface area contributed by atoms with Crippen LogP contribution in [0.1, 0.15) is 0 Å². The predicted octanol–water partition coefficient (Wildman–Crippen LogP) is 4.30. The van der Waals surface area contributed by atoms with E-state index in [9.17, 15) is 8.78 Å². The van der Waals surface area contributed by atoms with Crippen LogP contribution in [0, 0.1) is 11.6 Å². The highest BCUT2D eigenvalue weighted by atomic mass is 35.5. The molecule has 0 fully saturated rings. The highest BCUT2D eigenvalue weighted by molar-refractivity contribution is 6.31. The quantitative estimate of drug-likeness (QED) is 0.782. The van der Waals surface area contributed by atoms with E-state index in [2.05, 4.69) is 0 Å². The van der Waals surface area contributed by atoms with Crippen LogP contribution >= 0.6 is 11.6 Å². The number of halogens is 3. The van der Waals surface area contributed by atoms with Crippen molar-refractivity contribution >= 4 is 11.6 Å². The molecule has 2 nitrogen and oxygen atoms in total. The summed E-state index contributed by atoms with van der Waals surface area (Å²) in [5.74, 6) is -0.965. The van der Waals surface area contributed by atoms with Crippen LogP contribution in [-0.4, -0.2) is 14.2 Å². The van der Waals surface area contributed by atoms with Gasteiger partial charge in [0.2, 0.25) is 0 Å². The van der Waals surface area contributed by atoms with Crippen LogP contribution in [0.3, 0.4) is 0 Å². The molecule has 5 heteroatoms. The Morgan fingerprint density at radius 2 is 1.47 bits per heavy atom. The molecule has 2 aromatic rings. The van der Waals surface area contributed by atoms with Gasteiger partial charge in [-0.2, -0.15) is 0 Å². The SMILES string of the molecule is COc1cccc(OC)c1-c1c(F)ccc(Cl)c1F. The second-order valence-corrected chi connectivity index (χ2v) is 4.16. The second kappa shape index (κ2) is 5.45. The van der Waals surface area contributed by atoms with E-state index < -0.39 is 11.6 Å². The highest BCUT2D eigenvalue weighted by Gasteiger charge is 2.21. The third-order valence-electron chi connectivity index (χ3n) is 2.72. The molecule has 0 aliphatic heterocycles. The van der Waals surface area contributed by atoms with Crippen molar-refractivity contribution in [2.75, 3.05) is 14.2 Å². The molecule has 0 aliphatic rings. The molecule has 0 spiro atoms. The Morgan fingerprint density at radius 1 is 0.895 bits per heavy atom. The summed E-state index contributed by atoms with van der Waals surface area (Å²) >= 11 is 5.70. The van der Waals surface area contributed by atoms with Crippen molar-refractivity contribution in [2.24, 2.45) is 0 Å². The summed E-state index contributed by atoms with van der Waals surface area (Å²) in [7, 11) is 2.83. The number of hydrogen-bond acceptors (Lipinski definition) is 2. The van der Waals surface area contributed by atoms with Crippen LogP contribution in [0.4, 0.5) is 8.78 Å². The van der Waals surface area contributed by atoms with Crippen molar-refractivity contribution in [1.29, 1.82) is 0 Å². The molecule has 0 N–H and O–H groups in total. The van der Waals surface area contributed by atoms with E-state index in [0.29, 0.717) is 11.5 Å². The minimum absolute atomic E-state index is 0.163. The van der Waals surface area contributed by atoms with Crippen molar-refractivity contribution in [3.05, 3.63) is 47.0 Å². The Labute approximate surface area is 114 Å². The number of benzene rings is 2. The summed E-state index contributed by atoms with van der Waals surface area (Å²) in [5, 5.41) is -0.163. The van der Waals surface area contributed by atoms with E-state index in [1.165, 1.54) is 14.2 Å². The molecule has 100 valence electrons. The minimum Gasteiger partial charge on any atom is -0.496 e. The maximum absolute atomic E-state index is 14.1. The third-order valence-corrected chi connectivity index (χ3v) is 3.01. The molecule has 0 radical (unpaired) electrons. The molecule has 0 aromatic heterocycles. The lowest BCUT2D eigenvalue weighted by molar-refractivity contribution is 0.396. The zero-order valence-corrected chi connectivity index (χ0v) is 11.1. The Kier molecular flexibility index (Phi) is 3.90. The molecule has 0 bridgehead atoms. The van der Waals surface area contributed by atoms with Crippen molar-refractivity contribution in [3.8, 4) is 22.6 Å². The average molecular weight is 285 g/mol. The lowest BCUT2D eigenvalue weighted by Gasteiger charge is -2.14. The largest absolute Gasteiger partial charge is 0.496 e. The fourth-order valence-corrected chi connectivity index (χ4v) is 2.01. The predicted molar refractivity (Wildman–Crippen MR) is 69.9 cm³/mol. The first kappa shape index (κ1) is 13.6. The molecule has 19 heavy (non-hydrogen) atoms. The van der Waals surface area contributed by atoms with Gasteiger partial charge in [0.05, 0.1) is 30.4 Å². The van der Waals surface area contributed by atoms with Crippen LogP contribution in [0.25, 0.3) is 11.1 Å². The summed E-state index contributed by atoms with van der Waals surface area (Å²) in [6, 6.07) is 7.13. The summed E-state index contributed by atoms with van der Waals surface area (Å²) in [5.41, 5.74) is -0.0631. The van der Waals surface area contributed by atoms with Gasteiger partial charge >= 0.3 is 0 Å². The van der Waals surface area contributed by atoms with Gasteiger partial charge in [0, 0.05) is 0 Å². The zero-order valence-electron chi connectivity index (χ0n) is 10.3. The van der Waals surface area contributed by atoms with Crippen molar-refractivity contribution in [3.63, 3.8) is 0 Å². The van der Waals surface area contributed by atoms with Crippen LogP contribution in [0.15, 0.2) is 30.3 Å². The van der Waals surface area contributed by atoms with Gasteiger partial charge in [0.1, 0.15) is 17.3 Å². The molecule has 0 unspecified atom stereocenters. The minimum atomic E-state index is -0.843. The normalized spacial score (nSPS) is 10.4. The van der Waals surface area contributed by atoms with Gasteiger partial charge in [0.25, 0.3) is 0 Å². The molecule has 0 saturated carbocycles. The van der Waals surface area contributed by atoms with Gasteiger partial charge in [-0.3, -0.25) is 0 Å². The van der Waals surface area contributed by atoms with Gasteiger partial charge in [-0.1, -0.05) is 17.7 Å². The monoisotopic (exact) mass is 284 g/mol. The zero-order chi connectivity index (χ0) is 14.0. The van der Waals surface area contributed by atoms with E-state index in [4.69, 9.17) is 21.1 Å². The molecule has 0 atom stereocenters. The molecule has 0 heterocycles. The summed E-state index contributed by atoms with van der Waals surface area (Å²) in [6.45, 7) is 0. The molecule has 0 aliphatic carbocycles. The molecule has 0 amide bonds. The van der Waals surface area contributed by atoms with Crippen LogP contribution < -0.4 is 9.47 Å². The summed E-state index contributed by atoms with van der Waals surface area (Å²) in [4.78, 5) is 0. The summed E-state index contributed by atoms with van der Waals surface area (Å²) in [6.07, 6.45) is 0. The van der Waals surface area contributed by atoms with Crippen LogP contribution in [-0.2, 0) is 0 Å². The lowest BCUT2D eigenvalue weighted by atomic mass is 10.0. The molecule has 2 aromatic carbocycles. The number of ether oxygens (including phenoxy) is 2. The van der Waals surface area contributed by atoms with Crippen molar-refractivity contribution in [1.82, 2.24) is 0 Å². The maximum Gasteiger partial charge on any atom is 0.152 e. The van der Waals surface area contributed by atoms with E-state index in [1.807, 2.05) is 0 Å². The van der Waals surface area contributed by atoms with E-state index in [-0.39, 0.29) is 16.1 Å². The Balaban J connectivity index is 2.82. The Morgan fingerprint density at radius 3 is 2.00 bits per heavy atom. The Hall–Kier alpha value is -1.81. The van der Waals surface area contributed by atoms with Crippen molar-refractivity contribution < 1.29 is 18.3 Å². The smallest absolute Gasteiger partial charge is 0.152 e. The lowest BCUT2D eigenvalue weighted by Crippen LogP contribution is -1.97. The van der Waals surface area contributed by atoms with Gasteiger partial charge in [-0.15, -0.1) is 0 Å². The van der Waals surface area contributed by atoms with E-state index >= 15 is 0 Å². The number of rotatable bonds is 3. The fraction of sp³-hybridized carbons (Fsp3) is 0.143. The molecular weight excluding hydrogens is 274 g/mol. The third kappa shape index (κ3) is 2.36. The topological polar surface area (TPSA) is 18.5 Å². The molecular formula is C14H11ClF2O2. The van der Waals surface area contributed by atoms with E-state index in [0.717, 1.165) is 12.1 Å². The van der Waals surface area contributed by atoms with Crippen LogP contribution in [0.2, 0.25) is 5.02 Å². The van der Waals surface area contributed by atoms with Crippen molar-refractivity contribution in [2.45, 2.75) is 0 Å². The average Bonchev–Trinajstić information content (AvgIpc) is 2.43. The number of hydrogen-bond donors (Lipinski definition) is 0. The standard InChI is InChI=1S/C14H11ClF2O2/c1-18-10-4-3-5-11(19-2)13(10)12-9(16)7-6-8(15)14(12)17/h3-7H,1-2H3. The first-order valence-electron chi connectivity index (χ1n) is 5.45. The van der Waals surface area contributed by atoms with Gasteiger partial charge < -0.3 is 9.47 Å².